The Hall–Kier alpha value is -1.75. The molecule has 1 saturated heterocycles. The van der Waals surface area contributed by atoms with Crippen molar-refractivity contribution in [2.75, 3.05) is 19.8 Å². The lowest BCUT2D eigenvalue weighted by atomic mass is 10.1. The number of aryl methyl sites for hydroxylation is 1. The van der Waals surface area contributed by atoms with Crippen molar-refractivity contribution in [3.8, 4) is 11.5 Å². The zero-order valence-electron chi connectivity index (χ0n) is 16.1. The van der Waals surface area contributed by atoms with E-state index in [4.69, 9.17) is 25.8 Å². The maximum Gasteiger partial charge on any atom is 0.163 e. The second-order valence-electron chi connectivity index (χ2n) is 6.86. The molecule has 27 heavy (non-hydrogen) atoms. The molecule has 1 heterocycles. The van der Waals surface area contributed by atoms with Crippen molar-refractivity contribution in [3.63, 3.8) is 0 Å². The highest BCUT2D eigenvalue weighted by atomic mass is 35.5. The van der Waals surface area contributed by atoms with Gasteiger partial charge in [0.1, 0.15) is 6.61 Å². The van der Waals surface area contributed by atoms with Crippen LogP contribution in [0.3, 0.4) is 0 Å². The molecule has 1 fully saturated rings. The molecule has 5 heteroatoms. The third kappa shape index (κ3) is 5.86. The molecule has 0 saturated carbocycles. The van der Waals surface area contributed by atoms with Crippen LogP contribution >= 0.6 is 11.6 Å². The zero-order valence-corrected chi connectivity index (χ0v) is 16.8. The van der Waals surface area contributed by atoms with E-state index in [-0.39, 0.29) is 0 Å². The Morgan fingerprint density at radius 1 is 1.15 bits per heavy atom. The van der Waals surface area contributed by atoms with E-state index in [9.17, 15) is 0 Å². The van der Waals surface area contributed by atoms with Gasteiger partial charge in [-0.15, -0.1) is 0 Å². The van der Waals surface area contributed by atoms with Gasteiger partial charge < -0.3 is 19.5 Å². The molecule has 146 valence electrons. The molecule has 2 aromatic rings. The Morgan fingerprint density at radius 3 is 2.63 bits per heavy atom. The second-order valence-corrected chi connectivity index (χ2v) is 7.27. The van der Waals surface area contributed by atoms with Gasteiger partial charge in [0, 0.05) is 30.8 Å². The van der Waals surface area contributed by atoms with Crippen LogP contribution in [-0.2, 0) is 17.9 Å². The van der Waals surface area contributed by atoms with Crippen LogP contribution in [0.25, 0.3) is 0 Å². The first-order chi connectivity index (χ1) is 13.2. The molecule has 0 aliphatic carbocycles. The molecule has 3 rings (SSSR count). The van der Waals surface area contributed by atoms with Crippen LogP contribution in [0.4, 0.5) is 0 Å². The van der Waals surface area contributed by atoms with Gasteiger partial charge in [-0.2, -0.15) is 0 Å². The van der Waals surface area contributed by atoms with E-state index in [1.54, 1.807) is 0 Å². The zero-order chi connectivity index (χ0) is 19.1. The van der Waals surface area contributed by atoms with E-state index in [1.165, 1.54) is 5.56 Å². The van der Waals surface area contributed by atoms with E-state index < -0.39 is 0 Å². The van der Waals surface area contributed by atoms with Crippen molar-refractivity contribution in [1.29, 1.82) is 0 Å². The summed E-state index contributed by atoms with van der Waals surface area (Å²) in [5, 5.41) is 4.11. The lowest BCUT2D eigenvalue weighted by molar-refractivity contribution is 0.110. The molecule has 0 bridgehead atoms. The number of hydrogen-bond acceptors (Lipinski definition) is 4. The van der Waals surface area contributed by atoms with Crippen LogP contribution in [0, 0.1) is 6.92 Å². The van der Waals surface area contributed by atoms with Gasteiger partial charge in [-0.05, 0) is 43.9 Å². The van der Waals surface area contributed by atoms with Crippen LogP contribution in [0.2, 0.25) is 5.02 Å². The second kappa shape index (κ2) is 9.98. The average molecular weight is 390 g/mol. The van der Waals surface area contributed by atoms with Gasteiger partial charge in [0.15, 0.2) is 11.5 Å². The lowest BCUT2D eigenvalue weighted by Crippen LogP contribution is -2.25. The predicted molar refractivity (Wildman–Crippen MR) is 109 cm³/mol. The summed E-state index contributed by atoms with van der Waals surface area (Å²) in [6.07, 6.45) is 2.58. The quantitative estimate of drug-likeness (QED) is 0.662. The largest absolute Gasteiger partial charge is 0.490 e. The Kier molecular flexibility index (Phi) is 7.39. The third-order valence-electron chi connectivity index (χ3n) is 4.64. The monoisotopic (exact) mass is 389 g/mol. The smallest absolute Gasteiger partial charge is 0.163 e. The number of rotatable bonds is 9. The summed E-state index contributed by atoms with van der Waals surface area (Å²) in [5.41, 5.74) is 3.35. The molecular formula is C22H28ClNO3. The Balaban J connectivity index is 1.64. The van der Waals surface area contributed by atoms with Crippen molar-refractivity contribution in [2.24, 2.45) is 0 Å². The first-order valence-electron chi connectivity index (χ1n) is 9.61. The highest BCUT2D eigenvalue weighted by Gasteiger charge is 2.16. The summed E-state index contributed by atoms with van der Waals surface area (Å²) in [6.45, 7) is 7.48. The summed E-state index contributed by atoms with van der Waals surface area (Å²) in [5.74, 6) is 1.40. The van der Waals surface area contributed by atoms with Crippen molar-refractivity contribution in [3.05, 3.63) is 58.1 Å². The predicted octanol–water partition coefficient (Wildman–Crippen LogP) is 4.89. The van der Waals surface area contributed by atoms with Crippen LogP contribution in [-0.4, -0.2) is 25.9 Å². The Labute approximate surface area is 166 Å². The highest BCUT2D eigenvalue weighted by molar-refractivity contribution is 6.31. The molecule has 0 spiro atoms. The highest BCUT2D eigenvalue weighted by Crippen LogP contribution is 2.34. The average Bonchev–Trinajstić information content (AvgIpc) is 3.18. The molecule has 1 N–H and O–H groups in total. The van der Waals surface area contributed by atoms with Crippen LogP contribution in [0.5, 0.6) is 11.5 Å². The summed E-state index contributed by atoms with van der Waals surface area (Å²) >= 11 is 6.49. The molecule has 1 atom stereocenters. The van der Waals surface area contributed by atoms with Crippen LogP contribution in [0.1, 0.15) is 36.5 Å². The van der Waals surface area contributed by atoms with Gasteiger partial charge in [-0.25, -0.2) is 0 Å². The van der Waals surface area contributed by atoms with E-state index in [2.05, 4.69) is 36.5 Å². The normalized spacial score (nSPS) is 16.5. The van der Waals surface area contributed by atoms with Gasteiger partial charge in [0.2, 0.25) is 0 Å². The van der Waals surface area contributed by atoms with Crippen molar-refractivity contribution in [1.82, 2.24) is 5.32 Å². The van der Waals surface area contributed by atoms with Crippen molar-refractivity contribution < 1.29 is 14.2 Å². The maximum absolute atomic E-state index is 6.49. The van der Waals surface area contributed by atoms with Gasteiger partial charge in [-0.3, -0.25) is 0 Å². The van der Waals surface area contributed by atoms with Gasteiger partial charge in [0.05, 0.1) is 12.7 Å². The Morgan fingerprint density at radius 2 is 1.93 bits per heavy atom. The minimum atomic E-state index is 0.312. The summed E-state index contributed by atoms with van der Waals surface area (Å²) in [4.78, 5) is 0. The van der Waals surface area contributed by atoms with Gasteiger partial charge in [0.25, 0.3) is 0 Å². The fraction of sp³-hybridized carbons (Fsp3) is 0.455. The van der Waals surface area contributed by atoms with Gasteiger partial charge >= 0.3 is 0 Å². The van der Waals surface area contributed by atoms with Crippen LogP contribution < -0.4 is 14.8 Å². The summed E-state index contributed by atoms with van der Waals surface area (Å²) < 4.78 is 17.4. The molecule has 0 radical (unpaired) electrons. The molecule has 1 aliphatic rings. The Bertz CT molecular complexity index is 727. The fourth-order valence-electron chi connectivity index (χ4n) is 3.11. The summed E-state index contributed by atoms with van der Waals surface area (Å²) in [6, 6.07) is 12.1. The first kappa shape index (κ1) is 20.0. The molecule has 1 unspecified atom stereocenters. The number of hydrogen-bond donors (Lipinski definition) is 1. The molecule has 0 aromatic heterocycles. The number of nitrogens with one attached hydrogen (secondary N) is 1. The molecule has 2 aromatic carbocycles. The minimum absolute atomic E-state index is 0.312. The summed E-state index contributed by atoms with van der Waals surface area (Å²) in [7, 11) is 0. The number of ether oxygens (including phenoxy) is 3. The van der Waals surface area contributed by atoms with E-state index in [0.717, 1.165) is 42.9 Å². The molecule has 1 aliphatic heterocycles. The molecule has 0 amide bonds. The maximum atomic E-state index is 6.49. The minimum Gasteiger partial charge on any atom is -0.490 e. The van der Waals surface area contributed by atoms with Crippen molar-refractivity contribution >= 4 is 11.6 Å². The third-order valence-corrected chi connectivity index (χ3v) is 4.99. The number of halogens is 1. The molecule has 4 nitrogen and oxygen atoms in total. The van der Waals surface area contributed by atoms with Crippen LogP contribution in [0.15, 0.2) is 36.4 Å². The van der Waals surface area contributed by atoms with E-state index in [1.807, 2.05) is 19.1 Å². The standard InChI is InChI=1S/C22H28ClNO3/c1-3-25-21-11-18(13-24-14-19-5-4-10-26-19)20(23)12-22(21)27-15-17-8-6-16(2)7-9-17/h6-9,11-12,19,24H,3-5,10,13-15H2,1-2H3. The number of benzene rings is 2. The topological polar surface area (TPSA) is 39.7 Å². The molecular weight excluding hydrogens is 362 g/mol. The lowest BCUT2D eigenvalue weighted by Gasteiger charge is -2.16. The van der Waals surface area contributed by atoms with E-state index >= 15 is 0 Å². The van der Waals surface area contributed by atoms with Gasteiger partial charge in [-0.1, -0.05) is 41.4 Å². The fourth-order valence-corrected chi connectivity index (χ4v) is 3.33. The SMILES string of the molecule is CCOc1cc(CNCC2CCCO2)c(Cl)cc1OCc1ccc(C)cc1. The van der Waals surface area contributed by atoms with E-state index in [0.29, 0.717) is 36.6 Å². The first-order valence-corrected chi connectivity index (χ1v) is 9.99. The van der Waals surface area contributed by atoms with Crippen molar-refractivity contribution in [2.45, 2.75) is 45.9 Å².